The minimum Gasteiger partial charge on any atom is -0.482 e. The number of carbonyl (C=O) groups excluding carboxylic acids is 2. The van der Waals surface area contributed by atoms with Gasteiger partial charge in [0.1, 0.15) is 5.75 Å². The quantitative estimate of drug-likeness (QED) is 0.718. The molecule has 3 rings (SSSR count). The predicted octanol–water partition coefficient (Wildman–Crippen LogP) is 2.83. The lowest BCUT2D eigenvalue weighted by Crippen LogP contribution is -2.44. The van der Waals surface area contributed by atoms with Gasteiger partial charge in [-0.05, 0) is 31.0 Å². The van der Waals surface area contributed by atoms with Crippen LogP contribution in [-0.2, 0) is 19.1 Å². The van der Waals surface area contributed by atoms with Gasteiger partial charge in [-0.25, -0.2) is 4.79 Å². The van der Waals surface area contributed by atoms with Crippen molar-refractivity contribution in [1.29, 1.82) is 0 Å². The third-order valence-electron chi connectivity index (χ3n) is 4.80. The Hall–Kier alpha value is -2.86. The predicted molar refractivity (Wildman–Crippen MR) is 104 cm³/mol. The van der Waals surface area contributed by atoms with Gasteiger partial charge in [-0.15, -0.1) is 0 Å². The first-order chi connectivity index (χ1) is 13.6. The normalized spacial score (nSPS) is 15.0. The zero-order valence-electron chi connectivity index (χ0n) is 16.2. The smallest absolute Gasteiger partial charge is 0.345 e. The maximum Gasteiger partial charge on any atom is 0.345 e. The fourth-order valence-electron chi connectivity index (χ4n) is 3.02. The Labute approximate surface area is 165 Å². The third kappa shape index (κ3) is 4.89. The minimum atomic E-state index is -0.992. The highest BCUT2D eigenvalue weighted by atomic mass is 16.6. The second-order valence-electron chi connectivity index (χ2n) is 6.70. The van der Waals surface area contributed by atoms with E-state index < -0.39 is 12.1 Å². The second-order valence-corrected chi connectivity index (χ2v) is 6.70. The lowest BCUT2D eigenvalue weighted by atomic mass is 10.1. The van der Waals surface area contributed by atoms with Crippen LogP contribution in [-0.4, -0.2) is 49.7 Å². The summed E-state index contributed by atoms with van der Waals surface area (Å²) in [7, 11) is 0. The summed E-state index contributed by atoms with van der Waals surface area (Å²) in [5.74, 6) is -0.196. The first-order valence-corrected chi connectivity index (χ1v) is 9.36. The second kappa shape index (κ2) is 9.37. The van der Waals surface area contributed by atoms with Gasteiger partial charge in [-0.1, -0.05) is 42.5 Å². The van der Waals surface area contributed by atoms with Crippen molar-refractivity contribution < 1.29 is 23.8 Å². The van der Waals surface area contributed by atoms with Crippen LogP contribution >= 0.6 is 0 Å². The van der Waals surface area contributed by atoms with Gasteiger partial charge in [0, 0.05) is 18.7 Å². The summed E-state index contributed by atoms with van der Waals surface area (Å²) < 4.78 is 16.5. The van der Waals surface area contributed by atoms with Crippen LogP contribution in [0.1, 0.15) is 22.8 Å². The highest BCUT2D eigenvalue weighted by Gasteiger charge is 2.30. The first kappa shape index (κ1) is 19.9. The van der Waals surface area contributed by atoms with Gasteiger partial charge < -0.3 is 19.1 Å². The zero-order chi connectivity index (χ0) is 19.9. The molecule has 2 aromatic carbocycles. The number of nitrogens with zero attached hydrogens (tertiary/aromatic N) is 1. The van der Waals surface area contributed by atoms with Crippen molar-refractivity contribution in [3.8, 4) is 5.75 Å². The molecule has 0 saturated carbocycles. The van der Waals surface area contributed by atoms with Crippen LogP contribution in [0.4, 0.5) is 0 Å². The van der Waals surface area contributed by atoms with E-state index >= 15 is 0 Å². The number of rotatable bonds is 6. The van der Waals surface area contributed by atoms with Crippen LogP contribution < -0.4 is 4.74 Å². The summed E-state index contributed by atoms with van der Waals surface area (Å²) in [6.07, 6.45) is -0.992. The largest absolute Gasteiger partial charge is 0.482 e. The molecule has 6 heteroatoms. The summed E-state index contributed by atoms with van der Waals surface area (Å²) in [5.41, 5.74) is 2.69. The number of benzene rings is 2. The molecule has 0 N–H and O–H groups in total. The molecular formula is C22H25NO5. The molecule has 1 atom stereocenters. The summed E-state index contributed by atoms with van der Waals surface area (Å²) in [6, 6.07) is 14.7. The molecule has 0 spiro atoms. The summed E-state index contributed by atoms with van der Waals surface area (Å²) in [4.78, 5) is 27.1. The minimum absolute atomic E-state index is 0.241. The van der Waals surface area contributed by atoms with Crippen molar-refractivity contribution in [2.24, 2.45) is 0 Å². The Balaban J connectivity index is 1.69. The fraction of sp³-hybridized carbons (Fsp3) is 0.364. The Morgan fingerprint density at radius 1 is 1.04 bits per heavy atom. The molecule has 1 fully saturated rings. The highest BCUT2D eigenvalue weighted by molar-refractivity contribution is 5.85. The van der Waals surface area contributed by atoms with E-state index in [9.17, 15) is 9.59 Å². The molecule has 148 valence electrons. The molecule has 6 nitrogen and oxygen atoms in total. The van der Waals surface area contributed by atoms with Crippen LogP contribution in [0, 0.1) is 13.8 Å². The topological polar surface area (TPSA) is 65.1 Å². The Kier molecular flexibility index (Phi) is 6.66. The monoisotopic (exact) mass is 383 g/mol. The van der Waals surface area contributed by atoms with Gasteiger partial charge in [0.2, 0.25) is 6.10 Å². The lowest BCUT2D eigenvalue weighted by Gasteiger charge is -2.30. The standard InChI is InChI=1S/C22H25NO5/c1-16-7-6-10-19(17(16)2)27-15-20(24)28-21(18-8-4-3-5-9-18)22(25)23-11-13-26-14-12-23/h3-10,21H,11-15H2,1-2H3/t21-/m1/s1. The van der Waals surface area contributed by atoms with Crippen LogP contribution in [0.2, 0.25) is 0 Å². The molecule has 0 aliphatic carbocycles. The molecule has 0 aromatic heterocycles. The zero-order valence-corrected chi connectivity index (χ0v) is 16.2. The van der Waals surface area contributed by atoms with Crippen LogP contribution in [0.5, 0.6) is 5.75 Å². The van der Waals surface area contributed by atoms with E-state index in [4.69, 9.17) is 14.2 Å². The number of hydrogen-bond donors (Lipinski definition) is 0. The van der Waals surface area contributed by atoms with E-state index in [2.05, 4.69) is 0 Å². The molecule has 0 bridgehead atoms. The van der Waals surface area contributed by atoms with Crippen molar-refractivity contribution in [3.05, 3.63) is 65.2 Å². The number of hydrogen-bond acceptors (Lipinski definition) is 5. The molecule has 1 heterocycles. The van der Waals surface area contributed by atoms with Crippen molar-refractivity contribution in [2.45, 2.75) is 20.0 Å². The Morgan fingerprint density at radius 3 is 2.46 bits per heavy atom. The molecule has 1 aliphatic heterocycles. The average molecular weight is 383 g/mol. The molecule has 0 radical (unpaired) electrons. The number of aryl methyl sites for hydroxylation is 1. The molecule has 1 aliphatic rings. The molecular weight excluding hydrogens is 358 g/mol. The van der Waals surface area contributed by atoms with Crippen LogP contribution in [0.25, 0.3) is 0 Å². The first-order valence-electron chi connectivity index (χ1n) is 9.36. The van der Waals surface area contributed by atoms with E-state index in [-0.39, 0.29) is 12.5 Å². The SMILES string of the molecule is Cc1cccc(OCC(=O)O[C@@H](C(=O)N2CCOCC2)c2ccccc2)c1C. The summed E-state index contributed by atoms with van der Waals surface area (Å²) in [6.45, 7) is 5.59. The molecule has 1 amide bonds. The Bertz CT molecular complexity index is 815. The highest BCUT2D eigenvalue weighted by Crippen LogP contribution is 2.23. The van der Waals surface area contributed by atoms with Crippen LogP contribution in [0.3, 0.4) is 0 Å². The number of morpholine rings is 1. The van der Waals surface area contributed by atoms with Gasteiger partial charge in [-0.3, -0.25) is 4.79 Å². The molecule has 28 heavy (non-hydrogen) atoms. The average Bonchev–Trinajstić information content (AvgIpc) is 2.74. The van der Waals surface area contributed by atoms with Crippen LogP contribution in [0.15, 0.2) is 48.5 Å². The van der Waals surface area contributed by atoms with Gasteiger partial charge in [0.25, 0.3) is 5.91 Å². The van der Waals surface area contributed by atoms with Gasteiger partial charge in [0.05, 0.1) is 13.2 Å². The fourth-order valence-corrected chi connectivity index (χ4v) is 3.02. The van der Waals surface area contributed by atoms with E-state index in [1.807, 2.05) is 50.2 Å². The van der Waals surface area contributed by atoms with Crippen molar-refractivity contribution >= 4 is 11.9 Å². The van der Waals surface area contributed by atoms with E-state index in [1.54, 1.807) is 17.0 Å². The van der Waals surface area contributed by atoms with Crippen molar-refractivity contribution in [1.82, 2.24) is 4.90 Å². The summed E-state index contributed by atoms with van der Waals surface area (Å²) in [5, 5.41) is 0. The Morgan fingerprint density at radius 2 is 1.75 bits per heavy atom. The maximum atomic E-state index is 13.0. The lowest BCUT2D eigenvalue weighted by molar-refractivity contribution is -0.164. The number of ether oxygens (including phenoxy) is 3. The molecule has 1 saturated heterocycles. The van der Waals surface area contributed by atoms with Gasteiger partial charge in [0.15, 0.2) is 6.61 Å². The van der Waals surface area contributed by atoms with Gasteiger partial charge in [-0.2, -0.15) is 0 Å². The third-order valence-corrected chi connectivity index (χ3v) is 4.80. The maximum absolute atomic E-state index is 13.0. The van der Waals surface area contributed by atoms with Gasteiger partial charge >= 0.3 is 5.97 Å². The van der Waals surface area contributed by atoms with Crippen molar-refractivity contribution in [3.63, 3.8) is 0 Å². The number of carbonyl (C=O) groups is 2. The van der Waals surface area contributed by atoms with E-state index in [0.29, 0.717) is 37.6 Å². The van der Waals surface area contributed by atoms with Crippen molar-refractivity contribution in [2.75, 3.05) is 32.9 Å². The number of esters is 1. The summed E-state index contributed by atoms with van der Waals surface area (Å²) >= 11 is 0. The molecule has 2 aromatic rings. The number of amides is 1. The van der Waals surface area contributed by atoms with E-state index in [0.717, 1.165) is 11.1 Å². The van der Waals surface area contributed by atoms with E-state index in [1.165, 1.54) is 0 Å². The molecule has 0 unspecified atom stereocenters.